The van der Waals surface area contributed by atoms with E-state index in [9.17, 15) is 9.90 Å². The SMILES string of the molecule is COC(OC)[C@@H](O)[C@@]1(C(=O)C=N)CO1. The first kappa shape index (κ1) is 11.3. The number of aliphatic hydroxyl groups excluding tert-OH is 1. The van der Waals surface area contributed by atoms with Crippen molar-refractivity contribution < 1.29 is 24.1 Å². The van der Waals surface area contributed by atoms with Crippen LogP contribution in [0.15, 0.2) is 0 Å². The monoisotopic (exact) mass is 203 g/mol. The summed E-state index contributed by atoms with van der Waals surface area (Å²) in [6.07, 6.45) is -1.52. The Bertz CT molecular complexity index is 234. The molecule has 6 heteroatoms. The molecule has 0 aromatic rings. The van der Waals surface area contributed by atoms with E-state index in [0.29, 0.717) is 6.21 Å². The standard InChI is InChI=1S/C8H13NO5/c1-12-7(13-2)6(11)8(4-14-8)5(10)3-9/h3,6-7,9,11H,4H2,1-2H3/t6-,8+/m1/s1. The Kier molecular flexibility index (Phi) is 3.33. The number of carbonyl (C=O) groups is 1. The molecular formula is C8H13NO5. The van der Waals surface area contributed by atoms with Crippen molar-refractivity contribution in [1.29, 1.82) is 5.41 Å². The van der Waals surface area contributed by atoms with Crippen LogP contribution in [0.5, 0.6) is 0 Å². The highest BCUT2D eigenvalue weighted by molar-refractivity contribution is 6.31. The van der Waals surface area contributed by atoms with Gasteiger partial charge in [0.15, 0.2) is 11.9 Å². The van der Waals surface area contributed by atoms with Crippen LogP contribution in [0.4, 0.5) is 0 Å². The first-order valence-electron chi connectivity index (χ1n) is 4.05. The fourth-order valence-corrected chi connectivity index (χ4v) is 1.23. The van der Waals surface area contributed by atoms with Crippen molar-refractivity contribution in [2.75, 3.05) is 20.8 Å². The predicted molar refractivity (Wildman–Crippen MR) is 46.3 cm³/mol. The molecule has 1 aliphatic heterocycles. The highest BCUT2D eigenvalue weighted by Gasteiger charge is 2.59. The Hall–Kier alpha value is -0.820. The lowest BCUT2D eigenvalue weighted by Gasteiger charge is -2.23. The number of nitrogens with one attached hydrogen (secondary N) is 1. The van der Waals surface area contributed by atoms with Gasteiger partial charge in [-0.2, -0.15) is 0 Å². The van der Waals surface area contributed by atoms with E-state index < -0.39 is 23.8 Å². The minimum Gasteiger partial charge on any atom is -0.384 e. The van der Waals surface area contributed by atoms with E-state index in [1.54, 1.807) is 0 Å². The third kappa shape index (κ3) is 1.69. The number of hydrogen-bond donors (Lipinski definition) is 2. The summed E-state index contributed by atoms with van der Waals surface area (Å²) in [7, 11) is 2.70. The fraction of sp³-hybridized carbons (Fsp3) is 0.750. The molecule has 14 heavy (non-hydrogen) atoms. The molecule has 0 aromatic heterocycles. The molecule has 1 heterocycles. The molecule has 0 aliphatic carbocycles. The summed E-state index contributed by atoms with van der Waals surface area (Å²) in [6.45, 7) is 0.0889. The van der Waals surface area contributed by atoms with E-state index in [0.717, 1.165) is 0 Å². The van der Waals surface area contributed by atoms with Crippen LogP contribution in [0.1, 0.15) is 0 Å². The molecule has 6 nitrogen and oxygen atoms in total. The summed E-state index contributed by atoms with van der Waals surface area (Å²) in [6, 6.07) is 0. The number of ketones is 1. The van der Waals surface area contributed by atoms with Gasteiger partial charge in [0.1, 0.15) is 6.10 Å². The van der Waals surface area contributed by atoms with Gasteiger partial charge >= 0.3 is 0 Å². The molecule has 0 spiro atoms. The molecule has 1 fully saturated rings. The van der Waals surface area contributed by atoms with Gasteiger partial charge in [0.25, 0.3) is 0 Å². The maximum Gasteiger partial charge on any atom is 0.210 e. The van der Waals surface area contributed by atoms with Gasteiger partial charge in [0.05, 0.1) is 12.8 Å². The average molecular weight is 203 g/mol. The Morgan fingerprint density at radius 2 is 2.14 bits per heavy atom. The van der Waals surface area contributed by atoms with Crippen LogP contribution in [-0.2, 0) is 19.0 Å². The molecule has 0 radical (unpaired) electrons. The van der Waals surface area contributed by atoms with Crippen molar-refractivity contribution in [2.24, 2.45) is 0 Å². The fourth-order valence-electron chi connectivity index (χ4n) is 1.23. The highest BCUT2D eigenvalue weighted by atomic mass is 16.7. The molecule has 0 amide bonds. The van der Waals surface area contributed by atoms with Crippen LogP contribution in [0.2, 0.25) is 0 Å². The molecule has 0 unspecified atom stereocenters. The van der Waals surface area contributed by atoms with Gasteiger partial charge in [0, 0.05) is 14.2 Å². The van der Waals surface area contributed by atoms with Crippen LogP contribution < -0.4 is 0 Å². The van der Waals surface area contributed by atoms with Crippen LogP contribution in [0.25, 0.3) is 0 Å². The molecule has 0 aromatic carbocycles. The Morgan fingerprint density at radius 1 is 1.64 bits per heavy atom. The van der Waals surface area contributed by atoms with Gasteiger partial charge in [0.2, 0.25) is 5.78 Å². The van der Waals surface area contributed by atoms with Gasteiger partial charge in [-0.15, -0.1) is 0 Å². The second-order valence-corrected chi connectivity index (χ2v) is 2.97. The molecule has 0 bridgehead atoms. The van der Waals surface area contributed by atoms with Crippen LogP contribution in [0, 0.1) is 5.41 Å². The van der Waals surface area contributed by atoms with E-state index in [-0.39, 0.29) is 6.61 Å². The van der Waals surface area contributed by atoms with Crippen molar-refractivity contribution in [1.82, 2.24) is 0 Å². The number of carbonyl (C=O) groups excluding carboxylic acids is 1. The van der Waals surface area contributed by atoms with E-state index in [1.165, 1.54) is 14.2 Å². The first-order valence-corrected chi connectivity index (χ1v) is 4.05. The second-order valence-electron chi connectivity index (χ2n) is 2.97. The van der Waals surface area contributed by atoms with Crippen LogP contribution in [-0.4, -0.2) is 55.9 Å². The Labute approximate surface area is 81.3 Å². The summed E-state index contributed by atoms with van der Waals surface area (Å²) in [4.78, 5) is 11.2. The van der Waals surface area contributed by atoms with Crippen LogP contribution >= 0.6 is 0 Å². The lowest BCUT2D eigenvalue weighted by molar-refractivity contribution is -0.182. The third-order valence-corrected chi connectivity index (χ3v) is 2.20. The van der Waals surface area contributed by atoms with Gasteiger partial charge in [-0.3, -0.25) is 4.79 Å². The zero-order valence-electron chi connectivity index (χ0n) is 8.02. The zero-order chi connectivity index (χ0) is 10.8. The number of ether oxygens (including phenoxy) is 3. The topological polar surface area (TPSA) is 92.1 Å². The number of epoxide rings is 1. The molecule has 80 valence electrons. The average Bonchev–Trinajstić information content (AvgIpc) is 2.99. The van der Waals surface area contributed by atoms with Crippen molar-refractivity contribution >= 4 is 12.0 Å². The normalized spacial score (nSPS) is 27.4. The maximum absolute atomic E-state index is 11.2. The quantitative estimate of drug-likeness (QED) is 0.326. The molecule has 2 atom stereocenters. The van der Waals surface area contributed by atoms with E-state index >= 15 is 0 Å². The van der Waals surface area contributed by atoms with Gasteiger partial charge in [-0.25, -0.2) is 0 Å². The Balaban J connectivity index is 2.72. The molecule has 1 aliphatic rings. The minimum atomic E-state index is -1.33. The van der Waals surface area contributed by atoms with Crippen molar-refractivity contribution in [3.8, 4) is 0 Å². The highest BCUT2D eigenvalue weighted by Crippen LogP contribution is 2.34. The number of hydrogen-bond acceptors (Lipinski definition) is 6. The van der Waals surface area contributed by atoms with Crippen molar-refractivity contribution in [3.63, 3.8) is 0 Å². The summed E-state index contributed by atoms with van der Waals surface area (Å²) in [5.74, 6) is -0.580. The molecule has 1 rings (SSSR count). The van der Waals surface area contributed by atoms with Crippen molar-refractivity contribution in [2.45, 2.75) is 18.0 Å². The maximum atomic E-state index is 11.2. The molecule has 0 saturated carbocycles. The number of methoxy groups -OCH3 is 2. The smallest absolute Gasteiger partial charge is 0.210 e. The minimum absolute atomic E-state index is 0.0889. The van der Waals surface area contributed by atoms with Gasteiger partial charge < -0.3 is 24.7 Å². The lowest BCUT2D eigenvalue weighted by atomic mass is 9.98. The number of aliphatic hydroxyl groups is 1. The van der Waals surface area contributed by atoms with Crippen LogP contribution in [0.3, 0.4) is 0 Å². The molecule has 1 saturated heterocycles. The number of Topliss-reactive ketones (excluding diaryl/α,β-unsaturated/α-hetero) is 1. The lowest BCUT2D eigenvalue weighted by Crippen LogP contribution is -2.47. The molecule has 2 N–H and O–H groups in total. The largest absolute Gasteiger partial charge is 0.384 e. The predicted octanol–water partition coefficient (Wildman–Crippen LogP) is -1.05. The summed E-state index contributed by atoms with van der Waals surface area (Å²) in [5.41, 5.74) is -1.33. The first-order chi connectivity index (χ1) is 6.62. The van der Waals surface area contributed by atoms with E-state index in [2.05, 4.69) is 0 Å². The molecular weight excluding hydrogens is 190 g/mol. The second kappa shape index (κ2) is 4.14. The van der Waals surface area contributed by atoms with E-state index in [4.69, 9.17) is 19.6 Å². The van der Waals surface area contributed by atoms with Gasteiger partial charge in [-0.05, 0) is 0 Å². The van der Waals surface area contributed by atoms with Crippen molar-refractivity contribution in [3.05, 3.63) is 0 Å². The third-order valence-electron chi connectivity index (χ3n) is 2.20. The number of rotatable bonds is 6. The zero-order valence-corrected chi connectivity index (χ0v) is 8.02. The Morgan fingerprint density at radius 3 is 2.43 bits per heavy atom. The summed E-state index contributed by atoms with van der Waals surface area (Å²) in [5, 5.41) is 16.5. The summed E-state index contributed by atoms with van der Waals surface area (Å²) >= 11 is 0. The summed E-state index contributed by atoms with van der Waals surface area (Å²) < 4.78 is 14.5. The van der Waals surface area contributed by atoms with Gasteiger partial charge in [-0.1, -0.05) is 0 Å². The van der Waals surface area contributed by atoms with E-state index in [1.807, 2.05) is 0 Å².